The second kappa shape index (κ2) is 8.22. The van der Waals surface area contributed by atoms with Crippen molar-refractivity contribution in [1.29, 1.82) is 0 Å². The Hall–Kier alpha value is -2.55. The number of carbonyl (C=O) groups excluding carboxylic acids is 1. The van der Waals surface area contributed by atoms with Crippen molar-refractivity contribution in [3.8, 4) is 0 Å². The normalized spacial score (nSPS) is 12.9. The molecule has 0 N–H and O–H groups in total. The molecule has 0 bridgehead atoms. The standard InChI is InChI=1S/C25H28FNO/c1-17-20(16-27-24-21(17)11-8-12-22(24)26)14-23(28)19(15-25(2,3)4)13-18-9-6-5-7-10-18/h5-12,16,19H,13-15H2,1-4H3. The summed E-state index contributed by atoms with van der Waals surface area (Å²) in [5.74, 6) is -0.155. The van der Waals surface area contributed by atoms with Crippen molar-refractivity contribution in [1.82, 2.24) is 4.98 Å². The van der Waals surface area contributed by atoms with Crippen LogP contribution < -0.4 is 0 Å². The Balaban J connectivity index is 1.87. The topological polar surface area (TPSA) is 30.0 Å². The molecule has 0 aliphatic rings. The highest BCUT2D eigenvalue weighted by Crippen LogP contribution is 2.29. The third kappa shape index (κ3) is 4.83. The van der Waals surface area contributed by atoms with Gasteiger partial charge in [0.15, 0.2) is 0 Å². The lowest BCUT2D eigenvalue weighted by atomic mass is 9.78. The van der Waals surface area contributed by atoms with E-state index < -0.39 is 0 Å². The van der Waals surface area contributed by atoms with Crippen molar-refractivity contribution >= 4 is 16.7 Å². The molecule has 1 aromatic heterocycles. The molecule has 0 spiro atoms. The van der Waals surface area contributed by atoms with Gasteiger partial charge in [-0.1, -0.05) is 63.2 Å². The maximum atomic E-state index is 14.0. The number of rotatable bonds is 6. The average molecular weight is 378 g/mol. The number of carbonyl (C=O) groups is 1. The average Bonchev–Trinajstić information content (AvgIpc) is 2.64. The number of Topliss-reactive ketones (excluding diaryl/α,β-unsaturated/α-hetero) is 1. The lowest BCUT2D eigenvalue weighted by Crippen LogP contribution is -2.25. The minimum atomic E-state index is -0.326. The molecule has 1 unspecified atom stereocenters. The molecule has 3 rings (SSSR count). The first-order valence-electron chi connectivity index (χ1n) is 9.84. The van der Waals surface area contributed by atoms with Gasteiger partial charge >= 0.3 is 0 Å². The fourth-order valence-electron chi connectivity index (χ4n) is 3.81. The first-order chi connectivity index (χ1) is 13.2. The number of aryl methyl sites for hydroxylation is 1. The third-order valence-corrected chi connectivity index (χ3v) is 5.23. The number of benzene rings is 2. The van der Waals surface area contributed by atoms with E-state index in [4.69, 9.17) is 0 Å². The van der Waals surface area contributed by atoms with E-state index in [1.54, 1.807) is 12.3 Å². The molecule has 0 aliphatic heterocycles. The molecule has 0 saturated carbocycles. The quantitative estimate of drug-likeness (QED) is 0.520. The van der Waals surface area contributed by atoms with Crippen molar-refractivity contribution in [3.63, 3.8) is 0 Å². The van der Waals surface area contributed by atoms with Crippen molar-refractivity contribution < 1.29 is 9.18 Å². The van der Waals surface area contributed by atoms with E-state index in [2.05, 4.69) is 37.9 Å². The van der Waals surface area contributed by atoms with Crippen LogP contribution >= 0.6 is 0 Å². The second-order valence-corrected chi connectivity index (χ2v) is 8.84. The van der Waals surface area contributed by atoms with E-state index in [1.165, 1.54) is 11.6 Å². The highest BCUT2D eigenvalue weighted by molar-refractivity contribution is 5.88. The summed E-state index contributed by atoms with van der Waals surface area (Å²) in [6.07, 6.45) is 3.56. The van der Waals surface area contributed by atoms with Gasteiger partial charge in [-0.2, -0.15) is 0 Å². The van der Waals surface area contributed by atoms with Crippen LogP contribution in [0.15, 0.2) is 54.7 Å². The molecule has 0 radical (unpaired) electrons. The van der Waals surface area contributed by atoms with Crippen molar-refractivity contribution in [2.24, 2.45) is 11.3 Å². The Morgan fingerprint density at radius 2 is 1.79 bits per heavy atom. The van der Waals surface area contributed by atoms with Gasteiger partial charge in [0.05, 0.1) is 0 Å². The summed E-state index contributed by atoms with van der Waals surface area (Å²) < 4.78 is 14.0. The zero-order valence-corrected chi connectivity index (χ0v) is 17.1. The summed E-state index contributed by atoms with van der Waals surface area (Å²) >= 11 is 0. The molecular formula is C25H28FNO. The van der Waals surface area contributed by atoms with Gasteiger partial charge in [0.2, 0.25) is 0 Å². The summed E-state index contributed by atoms with van der Waals surface area (Å²) in [5, 5.41) is 0.778. The van der Waals surface area contributed by atoms with Crippen molar-refractivity contribution in [3.05, 3.63) is 77.2 Å². The van der Waals surface area contributed by atoms with Crippen LogP contribution in [0.4, 0.5) is 4.39 Å². The number of ketones is 1. The van der Waals surface area contributed by atoms with Gasteiger partial charge in [0.25, 0.3) is 0 Å². The fourth-order valence-corrected chi connectivity index (χ4v) is 3.81. The molecule has 28 heavy (non-hydrogen) atoms. The van der Waals surface area contributed by atoms with Crippen LogP contribution in [0.3, 0.4) is 0 Å². The van der Waals surface area contributed by atoms with Crippen LogP contribution in [0.1, 0.15) is 43.9 Å². The summed E-state index contributed by atoms with van der Waals surface area (Å²) in [6.45, 7) is 8.46. The Bertz CT molecular complexity index is 973. The number of nitrogens with zero attached hydrogens (tertiary/aromatic N) is 1. The van der Waals surface area contributed by atoms with Crippen LogP contribution in [0.2, 0.25) is 0 Å². The fraction of sp³-hybridized carbons (Fsp3) is 0.360. The highest BCUT2D eigenvalue weighted by atomic mass is 19.1. The number of pyridine rings is 1. The summed E-state index contributed by atoms with van der Waals surface area (Å²) in [6, 6.07) is 15.1. The molecule has 1 atom stereocenters. The van der Waals surface area contributed by atoms with E-state index in [0.29, 0.717) is 11.9 Å². The van der Waals surface area contributed by atoms with E-state index in [9.17, 15) is 9.18 Å². The maximum Gasteiger partial charge on any atom is 0.149 e. The lowest BCUT2D eigenvalue weighted by molar-refractivity contribution is -0.123. The number of aromatic nitrogens is 1. The van der Waals surface area contributed by atoms with Crippen LogP contribution in [-0.4, -0.2) is 10.8 Å². The number of fused-ring (bicyclic) bond motifs is 1. The lowest BCUT2D eigenvalue weighted by Gasteiger charge is -2.25. The minimum Gasteiger partial charge on any atom is -0.299 e. The monoisotopic (exact) mass is 377 g/mol. The van der Waals surface area contributed by atoms with Crippen molar-refractivity contribution in [2.45, 2.75) is 47.0 Å². The number of para-hydroxylation sites is 1. The maximum absolute atomic E-state index is 14.0. The van der Waals surface area contributed by atoms with Gasteiger partial charge < -0.3 is 0 Å². The molecule has 0 fully saturated rings. The molecule has 3 aromatic rings. The van der Waals surface area contributed by atoms with Gasteiger partial charge in [0.1, 0.15) is 17.1 Å². The first kappa shape index (κ1) is 20.2. The zero-order valence-electron chi connectivity index (χ0n) is 17.1. The third-order valence-electron chi connectivity index (χ3n) is 5.23. The number of hydrogen-bond acceptors (Lipinski definition) is 2. The van der Waals surface area contributed by atoms with Crippen molar-refractivity contribution in [2.75, 3.05) is 0 Å². The highest BCUT2D eigenvalue weighted by Gasteiger charge is 2.26. The Labute approximate surface area is 166 Å². The number of halogens is 1. The van der Waals surface area contributed by atoms with Crippen LogP contribution in [0.25, 0.3) is 10.9 Å². The smallest absolute Gasteiger partial charge is 0.149 e. The molecule has 0 saturated heterocycles. The van der Waals surface area contributed by atoms with E-state index in [-0.39, 0.29) is 22.9 Å². The van der Waals surface area contributed by atoms with Gasteiger partial charge in [-0.25, -0.2) is 4.39 Å². The minimum absolute atomic E-state index is 0.0509. The molecule has 146 valence electrons. The van der Waals surface area contributed by atoms with E-state index >= 15 is 0 Å². The predicted octanol–water partition coefficient (Wildman–Crippen LogP) is 6.09. The van der Waals surface area contributed by atoms with Crippen LogP contribution in [0, 0.1) is 24.1 Å². The largest absolute Gasteiger partial charge is 0.299 e. The van der Waals surface area contributed by atoms with Gasteiger partial charge in [-0.15, -0.1) is 0 Å². The van der Waals surface area contributed by atoms with E-state index in [0.717, 1.165) is 29.4 Å². The molecule has 0 amide bonds. The Kier molecular flexibility index (Phi) is 5.93. The van der Waals surface area contributed by atoms with Gasteiger partial charge in [-0.3, -0.25) is 9.78 Å². The summed E-state index contributed by atoms with van der Waals surface area (Å²) in [4.78, 5) is 17.5. The van der Waals surface area contributed by atoms with Gasteiger partial charge in [-0.05, 0) is 47.9 Å². The Morgan fingerprint density at radius 1 is 1.07 bits per heavy atom. The predicted molar refractivity (Wildman–Crippen MR) is 113 cm³/mol. The molecule has 3 heteroatoms. The number of hydrogen-bond donors (Lipinski definition) is 0. The van der Waals surface area contributed by atoms with Gasteiger partial charge in [0, 0.05) is 23.9 Å². The second-order valence-electron chi connectivity index (χ2n) is 8.84. The van der Waals surface area contributed by atoms with E-state index in [1.807, 2.05) is 31.2 Å². The van der Waals surface area contributed by atoms with Crippen LogP contribution in [-0.2, 0) is 17.6 Å². The molecule has 0 aliphatic carbocycles. The molecule has 2 aromatic carbocycles. The SMILES string of the molecule is Cc1c(CC(=O)C(Cc2ccccc2)CC(C)(C)C)cnc2c(F)cccc12. The summed E-state index contributed by atoms with van der Waals surface area (Å²) in [5.41, 5.74) is 3.43. The first-order valence-corrected chi connectivity index (χ1v) is 9.84. The summed E-state index contributed by atoms with van der Waals surface area (Å²) in [7, 11) is 0. The molecule has 1 heterocycles. The zero-order chi connectivity index (χ0) is 20.3. The van der Waals surface area contributed by atoms with Crippen LogP contribution in [0.5, 0.6) is 0 Å². The Morgan fingerprint density at radius 3 is 2.46 bits per heavy atom. The molecular weight excluding hydrogens is 349 g/mol. The molecule has 2 nitrogen and oxygen atoms in total.